The molecule has 1 aromatic heterocycles. The lowest BCUT2D eigenvalue weighted by Crippen LogP contribution is -2.16. The number of nitrogens with zero attached hydrogens (tertiary/aromatic N) is 1. The third kappa shape index (κ3) is 2.03. The molecule has 2 heterocycles. The minimum atomic E-state index is -1.16. The molecule has 1 aliphatic heterocycles. The molecule has 0 aliphatic carbocycles. The highest BCUT2D eigenvalue weighted by Gasteiger charge is 2.23. The topological polar surface area (TPSA) is 91.0 Å². The molecule has 0 bridgehead atoms. The van der Waals surface area contributed by atoms with Crippen LogP contribution in [0.4, 0.5) is 0 Å². The van der Waals surface area contributed by atoms with Gasteiger partial charge in [-0.2, -0.15) is 0 Å². The number of aromatic carboxylic acids is 1. The lowest BCUT2D eigenvalue weighted by atomic mass is 10.1. The first kappa shape index (κ1) is 12.3. The smallest absolute Gasteiger partial charge is 0.358 e. The van der Waals surface area contributed by atoms with E-state index in [0.717, 1.165) is 0 Å². The van der Waals surface area contributed by atoms with Gasteiger partial charge in [0.1, 0.15) is 19.0 Å². The molecule has 0 saturated carbocycles. The van der Waals surface area contributed by atoms with E-state index >= 15 is 0 Å². The van der Waals surface area contributed by atoms with Crippen molar-refractivity contribution in [3.63, 3.8) is 0 Å². The van der Waals surface area contributed by atoms with Crippen LogP contribution in [0, 0.1) is 0 Å². The molecule has 0 atom stereocenters. The van der Waals surface area contributed by atoms with Crippen molar-refractivity contribution in [3.8, 4) is 28.6 Å². The van der Waals surface area contributed by atoms with Crippen LogP contribution in [0.15, 0.2) is 22.7 Å². The van der Waals surface area contributed by atoms with Crippen molar-refractivity contribution in [1.82, 2.24) is 5.16 Å². The number of aromatic nitrogens is 1. The highest BCUT2D eigenvalue weighted by atomic mass is 16.6. The van der Waals surface area contributed by atoms with Crippen LogP contribution in [-0.4, -0.2) is 36.6 Å². The Morgan fingerprint density at radius 3 is 2.80 bits per heavy atom. The molecule has 0 amide bonds. The standard InChI is InChI=1S/C13H11NO6/c1-17-7-4-8(10-6-9(13(15)16)14-20-10)12-11(5-7)18-2-3-19-12/h4-6H,2-3H2,1H3,(H,15,16). The summed E-state index contributed by atoms with van der Waals surface area (Å²) in [5.74, 6) is 0.693. The summed E-state index contributed by atoms with van der Waals surface area (Å²) in [4.78, 5) is 10.9. The van der Waals surface area contributed by atoms with Crippen LogP contribution in [-0.2, 0) is 0 Å². The number of rotatable bonds is 3. The first-order valence-electron chi connectivity index (χ1n) is 5.87. The largest absolute Gasteiger partial charge is 0.497 e. The van der Waals surface area contributed by atoms with E-state index in [1.165, 1.54) is 13.2 Å². The Morgan fingerprint density at radius 2 is 2.10 bits per heavy atom. The van der Waals surface area contributed by atoms with Crippen molar-refractivity contribution in [2.75, 3.05) is 20.3 Å². The fraction of sp³-hybridized carbons (Fsp3) is 0.231. The number of benzene rings is 1. The second-order valence-corrected chi connectivity index (χ2v) is 4.08. The summed E-state index contributed by atoms with van der Waals surface area (Å²) in [7, 11) is 1.53. The van der Waals surface area contributed by atoms with Crippen LogP contribution in [0.3, 0.4) is 0 Å². The van der Waals surface area contributed by atoms with E-state index in [9.17, 15) is 4.79 Å². The molecule has 1 aliphatic rings. The van der Waals surface area contributed by atoms with E-state index in [1.54, 1.807) is 12.1 Å². The molecular weight excluding hydrogens is 266 g/mol. The number of carboxylic acids is 1. The summed E-state index contributed by atoms with van der Waals surface area (Å²) in [6, 6.07) is 4.71. The van der Waals surface area contributed by atoms with E-state index < -0.39 is 5.97 Å². The van der Waals surface area contributed by atoms with Crippen molar-refractivity contribution in [2.45, 2.75) is 0 Å². The molecule has 0 radical (unpaired) electrons. The van der Waals surface area contributed by atoms with Gasteiger partial charge in [0.05, 0.1) is 12.7 Å². The lowest BCUT2D eigenvalue weighted by molar-refractivity contribution is 0.0686. The second kappa shape index (κ2) is 4.76. The van der Waals surface area contributed by atoms with Gasteiger partial charge < -0.3 is 23.8 Å². The molecule has 7 heteroatoms. The minimum absolute atomic E-state index is 0.173. The Morgan fingerprint density at radius 1 is 1.30 bits per heavy atom. The number of fused-ring (bicyclic) bond motifs is 1. The van der Waals surface area contributed by atoms with Gasteiger partial charge in [-0.3, -0.25) is 0 Å². The minimum Gasteiger partial charge on any atom is -0.497 e. The van der Waals surface area contributed by atoms with E-state index in [1.807, 2.05) is 0 Å². The van der Waals surface area contributed by atoms with E-state index in [4.69, 9.17) is 23.8 Å². The highest BCUT2D eigenvalue weighted by Crippen LogP contribution is 2.43. The molecule has 2 aromatic rings. The van der Waals surface area contributed by atoms with Crippen molar-refractivity contribution in [3.05, 3.63) is 23.9 Å². The van der Waals surface area contributed by atoms with Crippen LogP contribution in [0.5, 0.6) is 17.2 Å². The number of carbonyl (C=O) groups is 1. The van der Waals surface area contributed by atoms with Gasteiger partial charge in [-0.15, -0.1) is 0 Å². The Labute approximate surface area is 113 Å². The quantitative estimate of drug-likeness (QED) is 0.914. The Bertz CT molecular complexity index is 663. The van der Waals surface area contributed by atoms with Crippen molar-refractivity contribution in [2.24, 2.45) is 0 Å². The predicted molar refractivity (Wildman–Crippen MR) is 66.4 cm³/mol. The predicted octanol–water partition coefficient (Wildman–Crippen LogP) is 1.82. The number of methoxy groups -OCH3 is 1. The maximum atomic E-state index is 10.9. The Kier molecular flexibility index (Phi) is 2.94. The van der Waals surface area contributed by atoms with Crippen molar-refractivity contribution in [1.29, 1.82) is 0 Å². The molecule has 0 unspecified atom stereocenters. The molecule has 0 fully saturated rings. The summed E-state index contributed by atoms with van der Waals surface area (Å²) < 4.78 is 21.3. The molecule has 1 aromatic carbocycles. The third-order valence-electron chi connectivity index (χ3n) is 2.85. The number of hydrogen-bond acceptors (Lipinski definition) is 6. The van der Waals surface area contributed by atoms with Gasteiger partial charge in [0, 0.05) is 12.1 Å². The van der Waals surface area contributed by atoms with Gasteiger partial charge in [0.2, 0.25) is 0 Å². The first-order chi connectivity index (χ1) is 9.69. The van der Waals surface area contributed by atoms with Gasteiger partial charge in [-0.25, -0.2) is 4.79 Å². The lowest BCUT2D eigenvalue weighted by Gasteiger charge is -2.21. The average Bonchev–Trinajstić information content (AvgIpc) is 2.96. The summed E-state index contributed by atoms with van der Waals surface area (Å²) in [6.45, 7) is 0.850. The molecule has 0 saturated heterocycles. The zero-order valence-corrected chi connectivity index (χ0v) is 10.6. The fourth-order valence-corrected chi connectivity index (χ4v) is 1.93. The Balaban J connectivity index is 2.13. The summed E-state index contributed by atoms with van der Waals surface area (Å²) in [5, 5.41) is 12.4. The normalized spacial score (nSPS) is 13.1. The summed E-state index contributed by atoms with van der Waals surface area (Å²) in [5.41, 5.74) is 0.368. The summed E-state index contributed by atoms with van der Waals surface area (Å²) in [6.07, 6.45) is 0. The zero-order chi connectivity index (χ0) is 14.1. The SMILES string of the molecule is COc1cc2c(c(-c3cc(C(=O)O)no3)c1)OCCO2. The summed E-state index contributed by atoms with van der Waals surface area (Å²) >= 11 is 0. The molecule has 7 nitrogen and oxygen atoms in total. The monoisotopic (exact) mass is 277 g/mol. The number of carboxylic acid groups (broad SMARTS) is 1. The fourth-order valence-electron chi connectivity index (χ4n) is 1.93. The number of hydrogen-bond donors (Lipinski definition) is 1. The molecular formula is C13H11NO6. The molecule has 20 heavy (non-hydrogen) atoms. The molecule has 104 valence electrons. The van der Waals surface area contributed by atoms with Gasteiger partial charge >= 0.3 is 5.97 Å². The average molecular weight is 277 g/mol. The van der Waals surface area contributed by atoms with Crippen molar-refractivity contribution < 1.29 is 28.6 Å². The van der Waals surface area contributed by atoms with Gasteiger partial charge in [0.25, 0.3) is 0 Å². The van der Waals surface area contributed by atoms with Crippen LogP contribution >= 0.6 is 0 Å². The second-order valence-electron chi connectivity index (χ2n) is 4.08. The van der Waals surface area contributed by atoms with Crippen LogP contribution in [0.1, 0.15) is 10.5 Å². The van der Waals surface area contributed by atoms with Gasteiger partial charge in [-0.1, -0.05) is 5.16 Å². The zero-order valence-electron chi connectivity index (χ0n) is 10.6. The number of ether oxygens (including phenoxy) is 3. The van der Waals surface area contributed by atoms with E-state index in [-0.39, 0.29) is 11.5 Å². The maximum Gasteiger partial charge on any atom is 0.358 e. The molecule has 3 rings (SSSR count). The molecule has 1 N–H and O–H groups in total. The Hall–Kier alpha value is -2.70. The third-order valence-corrected chi connectivity index (χ3v) is 2.85. The van der Waals surface area contributed by atoms with Gasteiger partial charge in [-0.05, 0) is 6.07 Å². The van der Waals surface area contributed by atoms with Crippen LogP contribution < -0.4 is 14.2 Å². The van der Waals surface area contributed by atoms with Crippen LogP contribution in [0.2, 0.25) is 0 Å². The van der Waals surface area contributed by atoms with Gasteiger partial charge in [0.15, 0.2) is 23.0 Å². The highest BCUT2D eigenvalue weighted by molar-refractivity contribution is 5.87. The maximum absolute atomic E-state index is 10.9. The van der Waals surface area contributed by atoms with E-state index in [2.05, 4.69) is 5.16 Å². The molecule has 0 spiro atoms. The van der Waals surface area contributed by atoms with E-state index in [0.29, 0.717) is 36.0 Å². The van der Waals surface area contributed by atoms with Crippen molar-refractivity contribution >= 4 is 5.97 Å². The van der Waals surface area contributed by atoms with Crippen LogP contribution in [0.25, 0.3) is 11.3 Å². The first-order valence-corrected chi connectivity index (χ1v) is 5.87.